The Bertz CT molecular complexity index is 220. The summed E-state index contributed by atoms with van der Waals surface area (Å²) < 4.78 is 0. The molecule has 5 saturated carbocycles. The van der Waals surface area contributed by atoms with Gasteiger partial charge in [-0.25, -0.2) is 0 Å². The number of hydrogen-bond donors (Lipinski definition) is 1. The average molecular weight is 215 g/mol. The molecule has 1 N–H and O–H groups in total. The summed E-state index contributed by atoms with van der Waals surface area (Å²) in [4.78, 5) is 0.450. The van der Waals surface area contributed by atoms with Gasteiger partial charge in [0.25, 0.3) is 0 Å². The molecule has 6 bridgehead atoms. The zero-order valence-corrected chi connectivity index (χ0v) is 7.74. The molecule has 0 aliphatic heterocycles. The molecule has 0 aromatic carbocycles. The van der Waals surface area contributed by atoms with Gasteiger partial charge in [-0.2, -0.15) is 0 Å². The molecule has 0 aromatic heterocycles. The van der Waals surface area contributed by atoms with Gasteiger partial charge in [-0.05, 0) is 41.9 Å². The van der Waals surface area contributed by atoms with Crippen LogP contribution in [0.15, 0.2) is 0 Å². The first kappa shape index (κ1) is 5.98. The maximum Gasteiger partial charge on any atom is 0.0701 e. The van der Waals surface area contributed by atoms with Gasteiger partial charge in [0.2, 0.25) is 0 Å². The Hall–Kier alpha value is 0.440. The molecule has 60 valence electrons. The first-order valence-electron chi connectivity index (χ1n) is 4.63. The SMILES string of the molecule is O[C@@H]1[C@@H](Br)[C@@H]2[C@H]3C[C@H]4[C@@H]2[C@H]4[C@@H]13. The number of aliphatic hydroxyl groups excluding tert-OH is 1. The molecule has 2 heteroatoms. The second-order valence-electron chi connectivity index (χ2n) is 4.81. The molecule has 0 aromatic rings. The van der Waals surface area contributed by atoms with Crippen molar-refractivity contribution in [1.29, 1.82) is 0 Å². The third kappa shape index (κ3) is 0.413. The van der Waals surface area contributed by atoms with Crippen LogP contribution in [0.3, 0.4) is 0 Å². The molecule has 5 aliphatic carbocycles. The fourth-order valence-corrected chi connectivity index (χ4v) is 5.75. The Morgan fingerprint density at radius 3 is 2.18 bits per heavy atom. The Labute approximate surface area is 74.3 Å². The van der Waals surface area contributed by atoms with Crippen LogP contribution >= 0.6 is 15.9 Å². The lowest BCUT2D eigenvalue weighted by atomic mass is 9.98. The number of aliphatic hydroxyl groups is 1. The van der Waals surface area contributed by atoms with Crippen LogP contribution in [0, 0.1) is 35.5 Å². The van der Waals surface area contributed by atoms with Crippen molar-refractivity contribution >= 4 is 15.9 Å². The van der Waals surface area contributed by atoms with Crippen molar-refractivity contribution in [3.8, 4) is 0 Å². The summed E-state index contributed by atoms with van der Waals surface area (Å²) in [5.41, 5.74) is 0. The van der Waals surface area contributed by atoms with E-state index < -0.39 is 0 Å². The van der Waals surface area contributed by atoms with Crippen molar-refractivity contribution in [1.82, 2.24) is 0 Å². The predicted octanol–water partition coefficient (Wildman–Crippen LogP) is 1.25. The Morgan fingerprint density at radius 2 is 1.64 bits per heavy atom. The maximum atomic E-state index is 9.84. The van der Waals surface area contributed by atoms with E-state index in [-0.39, 0.29) is 6.10 Å². The van der Waals surface area contributed by atoms with Gasteiger partial charge < -0.3 is 5.11 Å². The monoisotopic (exact) mass is 214 g/mol. The standard InChI is InChI=1S/C9H11BrO/c10-8-6-3-1-2-4(6)5(2)7(3)9(8)11/h2-9,11H,1H2/t2-,3+,4+,5-,6+,7-,8-,9-/m0/s1. The highest BCUT2D eigenvalue weighted by molar-refractivity contribution is 9.09. The zero-order chi connectivity index (χ0) is 7.33. The van der Waals surface area contributed by atoms with Crippen LogP contribution in [0.1, 0.15) is 6.42 Å². The smallest absolute Gasteiger partial charge is 0.0701 e. The summed E-state index contributed by atoms with van der Waals surface area (Å²) in [5, 5.41) is 9.84. The van der Waals surface area contributed by atoms with E-state index in [1.807, 2.05) is 0 Å². The molecule has 0 amide bonds. The zero-order valence-electron chi connectivity index (χ0n) is 6.15. The van der Waals surface area contributed by atoms with Crippen molar-refractivity contribution in [3.05, 3.63) is 0 Å². The lowest BCUT2D eigenvalue weighted by Crippen LogP contribution is -2.28. The average Bonchev–Trinajstić information content (AvgIpc) is 2.39. The highest BCUT2D eigenvalue weighted by Gasteiger charge is 2.79. The first-order valence-corrected chi connectivity index (χ1v) is 5.54. The van der Waals surface area contributed by atoms with E-state index in [1.165, 1.54) is 6.42 Å². The van der Waals surface area contributed by atoms with Crippen LogP contribution in [0.2, 0.25) is 0 Å². The van der Waals surface area contributed by atoms with Crippen molar-refractivity contribution in [3.63, 3.8) is 0 Å². The highest BCUT2D eigenvalue weighted by Crippen LogP contribution is 2.81. The van der Waals surface area contributed by atoms with Crippen molar-refractivity contribution in [2.75, 3.05) is 0 Å². The Morgan fingerprint density at radius 1 is 1.00 bits per heavy atom. The molecule has 0 unspecified atom stereocenters. The fourth-order valence-electron chi connectivity index (χ4n) is 4.65. The van der Waals surface area contributed by atoms with E-state index in [2.05, 4.69) is 15.9 Å². The number of halogens is 1. The van der Waals surface area contributed by atoms with E-state index in [4.69, 9.17) is 0 Å². The molecule has 5 fully saturated rings. The normalized spacial score (nSPS) is 81.3. The number of hydrogen-bond acceptors (Lipinski definition) is 1. The molecule has 0 saturated heterocycles. The van der Waals surface area contributed by atoms with Gasteiger partial charge in [-0.3, -0.25) is 0 Å². The minimum atomic E-state index is -0.00116. The summed E-state index contributed by atoms with van der Waals surface area (Å²) in [5.74, 6) is 5.54. The predicted molar refractivity (Wildman–Crippen MR) is 44.3 cm³/mol. The van der Waals surface area contributed by atoms with Gasteiger partial charge in [-0.1, -0.05) is 15.9 Å². The van der Waals surface area contributed by atoms with Crippen LogP contribution in [-0.4, -0.2) is 16.0 Å². The molecule has 5 aliphatic rings. The molecule has 0 heterocycles. The number of alkyl halides is 1. The van der Waals surface area contributed by atoms with Crippen molar-refractivity contribution in [2.45, 2.75) is 17.4 Å². The lowest BCUT2D eigenvalue weighted by Gasteiger charge is -2.20. The van der Waals surface area contributed by atoms with E-state index in [1.54, 1.807) is 0 Å². The van der Waals surface area contributed by atoms with Crippen LogP contribution in [0.25, 0.3) is 0 Å². The second kappa shape index (κ2) is 1.44. The molecule has 1 nitrogen and oxygen atoms in total. The summed E-state index contributed by atoms with van der Waals surface area (Å²) in [6.45, 7) is 0. The molecule has 0 radical (unpaired) electrons. The van der Waals surface area contributed by atoms with Gasteiger partial charge in [0.05, 0.1) is 6.10 Å². The van der Waals surface area contributed by atoms with Crippen LogP contribution in [0.4, 0.5) is 0 Å². The largest absolute Gasteiger partial charge is 0.392 e. The molecule has 5 rings (SSSR count). The van der Waals surface area contributed by atoms with Gasteiger partial charge >= 0.3 is 0 Å². The van der Waals surface area contributed by atoms with Gasteiger partial charge in [-0.15, -0.1) is 0 Å². The summed E-state index contributed by atoms with van der Waals surface area (Å²) in [6.07, 6.45) is 1.45. The third-order valence-corrected chi connectivity index (χ3v) is 5.95. The van der Waals surface area contributed by atoms with Crippen LogP contribution in [0.5, 0.6) is 0 Å². The van der Waals surface area contributed by atoms with E-state index in [9.17, 15) is 5.11 Å². The van der Waals surface area contributed by atoms with Crippen molar-refractivity contribution < 1.29 is 5.11 Å². The fraction of sp³-hybridized carbons (Fsp3) is 1.00. The van der Waals surface area contributed by atoms with E-state index in [0.717, 1.165) is 29.6 Å². The first-order chi connectivity index (χ1) is 5.30. The summed E-state index contributed by atoms with van der Waals surface area (Å²) in [6, 6.07) is 0. The van der Waals surface area contributed by atoms with Gasteiger partial charge in [0.1, 0.15) is 0 Å². The molecular formula is C9H11BrO. The molecule has 8 atom stereocenters. The van der Waals surface area contributed by atoms with E-state index in [0.29, 0.717) is 10.7 Å². The molecule has 11 heavy (non-hydrogen) atoms. The highest BCUT2D eigenvalue weighted by atomic mass is 79.9. The summed E-state index contributed by atoms with van der Waals surface area (Å²) >= 11 is 3.64. The van der Waals surface area contributed by atoms with Gasteiger partial charge in [0, 0.05) is 4.83 Å². The maximum absolute atomic E-state index is 9.84. The topological polar surface area (TPSA) is 20.2 Å². The van der Waals surface area contributed by atoms with Crippen LogP contribution < -0.4 is 0 Å². The minimum absolute atomic E-state index is 0.00116. The minimum Gasteiger partial charge on any atom is -0.392 e. The van der Waals surface area contributed by atoms with Crippen molar-refractivity contribution in [2.24, 2.45) is 35.5 Å². The number of rotatable bonds is 0. The molecular weight excluding hydrogens is 204 g/mol. The second-order valence-corrected chi connectivity index (χ2v) is 5.87. The molecule has 0 spiro atoms. The Kier molecular flexibility index (Phi) is 0.781. The summed E-state index contributed by atoms with van der Waals surface area (Å²) in [7, 11) is 0. The lowest BCUT2D eigenvalue weighted by molar-refractivity contribution is 0.111. The quantitative estimate of drug-likeness (QED) is 0.603. The third-order valence-electron chi connectivity index (χ3n) is 4.80. The van der Waals surface area contributed by atoms with Gasteiger partial charge in [0.15, 0.2) is 0 Å². The van der Waals surface area contributed by atoms with Crippen LogP contribution in [-0.2, 0) is 0 Å². The Balaban J connectivity index is 1.90. The van der Waals surface area contributed by atoms with E-state index >= 15 is 0 Å².